The number of benzene rings is 1. The summed E-state index contributed by atoms with van der Waals surface area (Å²) in [6, 6.07) is 3.28. The second-order valence-electron chi connectivity index (χ2n) is 5.06. The molecule has 0 spiro atoms. The molecule has 0 aliphatic rings. The molecule has 0 heterocycles. The van der Waals surface area contributed by atoms with Gasteiger partial charge in [-0.3, -0.25) is 9.59 Å². The molecule has 24 heavy (non-hydrogen) atoms. The van der Waals surface area contributed by atoms with Crippen LogP contribution >= 0.6 is 0 Å². The number of nitrogens with one attached hydrogen (secondary N) is 3. The van der Waals surface area contributed by atoms with Gasteiger partial charge in [-0.2, -0.15) is 0 Å². The summed E-state index contributed by atoms with van der Waals surface area (Å²) in [6.07, 6.45) is 0.788. The van der Waals surface area contributed by atoms with Crippen LogP contribution in [0.1, 0.15) is 30.6 Å². The molecule has 0 saturated heterocycles. The summed E-state index contributed by atoms with van der Waals surface area (Å²) < 4.78 is 31.2. The highest BCUT2D eigenvalue weighted by molar-refractivity contribution is 7.89. The van der Waals surface area contributed by atoms with Crippen LogP contribution in [-0.2, 0) is 14.8 Å². The van der Waals surface area contributed by atoms with Gasteiger partial charge in [0.2, 0.25) is 15.9 Å². The zero-order valence-corrected chi connectivity index (χ0v) is 15.0. The SMILES string of the molecule is CCCNC(=O)C(C)NC(=O)c1ccc(OC)c(S(=O)(=O)NC)c1. The van der Waals surface area contributed by atoms with E-state index >= 15 is 0 Å². The maximum atomic E-state index is 12.3. The van der Waals surface area contributed by atoms with E-state index in [9.17, 15) is 18.0 Å². The van der Waals surface area contributed by atoms with Crippen molar-refractivity contribution < 1.29 is 22.7 Å². The molecule has 0 aliphatic heterocycles. The van der Waals surface area contributed by atoms with Crippen LogP contribution in [0.5, 0.6) is 5.75 Å². The second kappa shape index (κ2) is 8.65. The number of amides is 2. The van der Waals surface area contributed by atoms with Gasteiger partial charge in [-0.15, -0.1) is 0 Å². The number of hydrogen-bond donors (Lipinski definition) is 3. The zero-order chi connectivity index (χ0) is 18.3. The van der Waals surface area contributed by atoms with Crippen molar-refractivity contribution >= 4 is 21.8 Å². The first-order valence-corrected chi connectivity index (χ1v) is 8.95. The Labute approximate surface area is 142 Å². The molecule has 1 aromatic carbocycles. The number of carbonyl (C=O) groups excluding carboxylic acids is 2. The fourth-order valence-electron chi connectivity index (χ4n) is 1.88. The van der Waals surface area contributed by atoms with Crippen LogP contribution in [0, 0.1) is 0 Å². The topological polar surface area (TPSA) is 114 Å². The lowest BCUT2D eigenvalue weighted by atomic mass is 10.2. The highest BCUT2D eigenvalue weighted by atomic mass is 32.2. The standard InChI is InChI=1S/C15H23N3O5S/c1-5-8-17-14(19)10(2)18-15(20)11-6-7-12(23-4)13(9-11)24(21,22)16-3/h6-7,9-10,16H,5,8H2,1-4H3,(H,17,19)(H,18,20). The van der Waals surface area contributed by atoms with Gasteiger partial charge in [-0.05, 0) is 38.6 Å². The van der Waals surface area contributed by atoms with Crippen LogP contribution in [0.25, 0.3) is 0 Å². The highest BCUT2D eigenvalue weighted by Gasteiger charge is 2.22. The number of carbonyl (C=O) groups is 2. The average Bonchev–Trinajstić information content (AvgIpc) is 2.58. The maximum Gasteiger partial charge on any atom is 0.251 e. The molecule has 0 aliphatic carbocycles. The predicted octanol–water partition coefficient (Wildman–Crippen LogP) is 0.248. The largest absolute Gasteiger partial charge is 0.495 e. The Morgan fingerprint density at radius 1 is 1.29 bits per heavy atom. The van der Waals surface area contributed by atoms with Gasteiger partial charge in [0.05, 0.1) is 7.11 Å². The quantitative estimate of drug-likeness (QED) is 0.617. The van der Waals surface area contributed by atoms with Gasteiger partial charge >= 0.3 is 0 Å². The van der Waals surface area contributed by atoms with E-state index < -0.39 is 22.0 Å². The number of ether oxygens (including phenoxy) is 1. The Kier molecular flexibility index (Phi) is 7.18. The molecular weight excluding hydrogens is 334 g/mol. The van der Waals surface area contributed by atoms with Gasteiger partial charge in [0.1, 0.15) is 16.7 Å². The van der Waals surface area contributed by atoms with Crippen molar-refractivity contribution in [3.63, 3.8) is 0 Å². The van der Waals surface area contributed by atoms with E-state index in [0.717, 1.165) is 6.42 Å². The summed E-state index contributed by atoms with van der Waals surface area (Å²) in [4.78, 5) is 23.9. The summed E-state index contributed by atoms with van der Waals surface area (Å²) in [7, 11) is -1.19. The van der Waals surface area contributed by atoms with Crippen molar-refractivity contribution in [2.24, 2.45) is 0 Å². The van der Waals surface area contributed by atoms with Crippen LogP contribution in [0.15, 0.2) is 23.1 Å². The molecule has 0 radical (unpaired) electrons. The van der Waals surface area contributed by atoms with Crippen molar-refractivity contribution in [2.45, 2.75) is 31.2 Å². The Balaban J connectivity index is 3.00. The molecule has 0 bridgehead atoms. The molecule has 0 saturated carbocycles. The normalized spacial score (nSPS) is 12.3. The van der Waals surface area contributed by atoms with Crippen molar-refractivity contribution in [1.29, 1.82) is 0 Å². The first-order chi connectivity index (χ1) is 11.3. The third kappa shape index (κ3) is 4.93. The number of sulfonamides is 1. The van der Waals surface area contributed by atoms with E-state index in [1.54, 1.807) is 6.92 Å². The van der Waals surface area contributed by atoms with Gasteiger partial charge in [0, 0.05) is 12.1 Å². The third-order valence-corrected chi connectivity index (χ3v) is 4.71. The molecule has 1 rings (SSSR count). The van der Waals surface area contributed by atoms with Crippen LogP contribution in [0.3, 0.4) is 0 Å². The summed E-state index contributed by atoms with van der Waals surface area (Å²) in [6.45, 7) is 3.99. The summed E-state index contributed by atoms with van der Waals surface area (Å²) >= 11 is 0. The van der Waals surface area contributed by atoms with E-state index in [4.69, 9.17) is 4.74 Å². The zero-order valence-electron chi connectivity index (χ0n) is 14.2. The number of methoxy groups -OCH3 is 1. The third-order valence-electron chi connectivity index (χ3n) is 3.27. The molecular formula is C15H23N3O5S. The Bertz CT molecular complexity index is 703. The van der Waals surface area contributed by atoms with E-state index in [1.165, 1.54) is 32.4 Å². The Hall–Kier alpha value is -2.13. The molecule has 2 amide bonds. The summed E-state index contributed by atoms with van der Waals surface area (Å²) in [5, 5.41) is 5.20. The van der Waals surface area contributed by atoms with Crippen LogP contribution in [0.4, 0.5) is 0 Å². The molecule has 1 atom stereocenters. The van der Waals surface area contributed by atoms with Gasteiger partial charge in [0.15, 0.2) is 0 Å². The van der Waals surface area contributed by atoms with Crippen molar-refractivity contribution in [3.05, 3.63) is 23.8 Å². The van der Waals surface area contributed by atoms with Crippen LogP contribution < -0.4 is 20.1 Å². The fourth-order valence-corrected chi connectivity index (χ4v) is 2.80. The maximum absolute atomic E-state index is 12.3. The van der Waals surface area contributed by atoms with Gasteiger partial charge in [-0.25, -0.2) is 13.1 Å². The fraction of sp³-hybridized carbons (Fsp3) is 0.467. The van der Waals surface area contributed by atoms with Crippen molar-refractivity contribution in [3.8, 4) is 5.75 Å². The predicted molar refractivity (Wildman–Crippen MR) is 89.5 cm³/mol. The monoisotopic (exact) mass is 357 g/mol. The van der Waals surface area contributed by atoms with Gasteiger partial charge in [-0.1, -0.05) is 6.92 Å². The molecule has 0 fully saturated rings. The van der Waals surface area contributed by atoms with Crippen LogP contribution in [0.2, 0.25) is 0 Å². The van der Waals surface area contributed by atoms with Gasteiger partial charge < -0.3 is 15.4 Å². The average molecular weight is 357 g/mol. The summed E-state index contributed by atoms with van der Waals surface area (Å²) in [5.74, 6) is -0.735. The van der Waals surface area contributed by atoms with E-state index in [0.29, 0.717) is 6.54 Å². The minimum absolute atomic E-state index is 0.111. The summed E-state index contributed by atoms with van der Waals surface area (Å²) in [5.41, 5.74) is 0.111. The minimum Gasteiger partial charge on any atom is -0.495 e. The first-order valence-electron chi connectivity index (χ1n) is 7.47. The van der Waals surface area contributed by atoms with E-state index in [-0.39, 0.29) is 22.1 Å². The second-order valence-corrected chi connectivity index (χ2v) is 6.91. The molecule has 9 heteroatoms. The molecule has 3 N–H and O–H groups in total. The van der Waals surface area contributed by atoms with E-state index in [1.807, 2.05) is 6.92 Å². The molecule has 8 nitrogen and oxygen atoms in total. The lowest BCUT2D eigenvalue weighted by Crippen LogP contribution is -2.45. The highest BCUT2D eigenvalue weighted by Crippen LogP contribution is 2.24. The first kappa shape index (κ1) is 19.9. The number of hydrogen-bond acceptors (Lipinski definition) is 5. The van der Waals surface area contributed by atoms with Crippen LogP contribution in [-0.4, -0.2) is 47.0 Å². The Morgan fingerprint density at radius 3 is 2.50 bits per heavy atom. The molecule has 1 unspecified atom stereocenters. The van der Waals surface area contributed by atoms with Crippen molar-refractivity contribution in [1.82, 2.24) is 15.4 Å². The Morgan fingerprint density at radius 2 is 1.96 bits per heavy atom. The minimum atomic E-state index is -3.79. The molecule has 134 valence electrons. The lowest BCUT2D eigenvalue weighted by Gasteiger charge is -2.15. The molecule has 1 aromatic rings. The van der Waals surface area contributed by atoms with E-state index in [2.05, 4.69) is 15.4 Å². The lowest BCUT2D eigenvalue weighted by molar-refractivity contribution is -0.122. The van der Waals surface area contributed by atoms with Crippen molar-refractivity contribution in [2.75, 3.05) is 20.7 Å². The van der Waals surface area contributed by atoms with Gasteiger partial charge in [0.25, 0.3) is 5.91 Å². The smallest absolute Gasteiger partial charge is 0.251 e. The molecule has 0 aromatic heterocycles. The number of rotatable bonds is 8.